The summed E-state index contributed by atoms with van der Waals surface area (Å²) in [4.78, 5) is 12.3. The lowest BCUT2D eigenvalue weighted by molar-refractivity contribution is -0.201. The van der Waals surface area contributed by atoms with Crippen molar-refractivity contribution in [3.05, 3.63) is 11.6 Å². The van der Waals surface area contributed by atoms with Gasteiger partial charge in [0.25, 0.3) is 0 Å². The van der Waals surface area contributed by atoms with Crippen LogP contribution in [0, 0.1) is 0 Å². The molecule has 0 aromatic rings. The third kappa shape index (κ3) is 3.89. The molecule has 0 unspecified atom stereocenters. The largest absolute Gasteiger partial charge is 0.466 e. The molecule has 154 valence electrons. The number of methoxy groups -OCH3 is 1. The molecule has 2 aliphatic carbocycles. The first-order valence-corrected chi connectivity index (χ1v) is 12.9. The lowest BCUT2D eigenvalue weighted by atomic mass is 9.89. The molecule has 2 fully saturated rings. The quantitative estimate of drug-likeness (QED) is 0.581. The van der Waals surface area contributed by atoms with Gasteiger partial charge in [-0.1, -0.05) is 27.2 Å². The SMILES string of the molecule is COC(=O)C1=C[C@@H](O[Si](C)(C)C(C)(C)C)[C@H]2OC3(CCCCC3)O[C@H]2[C@@H]1O. The van der Waals surface area contributed by atoms with Crippen LogP contribution in [0.1, 0.15) is 52.9 Å². The van der Waals surface area contributed by atoms with E-state index in [9.17, 15) is 9.90 Å². The topological polar surface area (TPSA) is 74.2 Å². The Morgan fingerprint density at radius 3 is 2.33 bits per heavy atom. The summed E-state index contributed by atoms with van der Waals surface area (Å²) < 4.78 is 24.2. The Morgan fingerprint density at radius 1 is 1.19 bits per heavy atom. The molecule has 0 aromatic heterocycles. The zero-order valence-corrected chi connectivity index (χ0v) is 18.4. The van der Waals surface area contributed by atoms with Crippen LogP contribution in [0.5, 0.6) is 0 Å². The number of carbonyl (C=O) groups excluding carboxylic acids is 1. The first kappa shape index (κ1) is 21.0. The summed E-state index contributed by atoms with van der Waals surface area (Å²) in [7, 11) is -0.804. The fraction of sp³-hybridized carbons (Fsp3) is 0.850. The van der Waals surface area contributed by atoms with Crippen LogP contribution < -0.4 is 0 Å². The molecule has 6 nitrogen and oxygen atoms in total. The van der Waals surface area contributed by atoms with Crippen molar-refractivity contribution >= 4 is 14.3 Å². The van der Waals surface area contributed by atoms with Gasteiger partial charge in [-0.05, 0) is 37.0 Å². The molecule has 3 rings (SSSR count). The maximum Gasteiger partial charge on any atom is 0.336 e. The molecule has 4 atom stereocenters. The van der Waals surface area contributed by atoms with Crippen molar-refractivity contribution in [3.8, 4) is 0 Å². The van der Waals surface area contributed by atoms with E-state index in [1.165, 1.54) is 13.5 Å². The molecular weight excluding hydrogens is 364 g/mol. The van der Waals surface area contributed by atoms with Crippen LogP contribution >= 0.6 is 0 Å². The van der Waals surface area contributed by atoms with Crippen LogP contribution in [0.25, 0.3) is 0 Å². The van der Waals surface area contributed by atoms with E-state index in [4.69, 9.17) is 18.6 Å². The molecule has 1 spiro atoms. The van der Waals surface area contributed by atoms with Gasteiger partial charge in [-0.15, -0.1) is 0 Å². The number of rotatable bonds is 3. The van der Waals surface area contributed by atoms with Crippen LogP contribution in [0.4, 0.5) is 0 Å². The van der Waals surface area contributed by atoms with Crippen molar-refractivity contribution in [2.45, 2.75) is 101 Å². The Morgan fingerprint density at radius 2 is 1.78 bits per heavy atom. The Balaban J connectivity index is 1.93. The van der Waals surface area contributed by atoms with Crippen LogP contribution in [-0.4, -0.2) is 56.7 Å². The molecule has 27 heavy (non-hydrogen) atoms. The van der Waals surface area contributed by atoms with E-state index in [2.05, 4.69) is 33.9 Å². The highest BCUT2D eigenvalue weighted by atomic mass is 28.4. The lowest BCUT2D eigenvalue weighted by Crippen LogP contribution is -2.54. The third-order valence-corrected chi connectivity index (χ3v) is 11.1. The van der Waals surface area contributed by atoms with Crippen LogP contribution in [0.15, 0.2) is 11.6 Å². The predicted octanol–water partition coefficient (Wildman–Crippen LogP) is 3.30. The van der Waals surface area contributed by atoms with Gasteiger partial charge in [0.2, 0.25) is 0 Å². The van der Waals surface area contributed by atoms with Crippen molar-refractivity contribution < 1.29 is 28.5 Å². The third-order valence-electron chi connectivity index (χ3n) is 6.60. The minimum Gasteiger partial charge on any atom is -0.466 e. The Labute approximate surface area is 163 Å². The maximum atomic E-state index is 12.3. The maximum absolute atomic E-state index is 12.3. The standard InChI is InChI=1S/C20H34O6Si/c1-19(2,3)27(5,6)26-14-12-13(18(22)23-4)15(21)17-16(14)24-20(25-17)10-8-7-9-11-20/h12,14-17,21H,7-11H2,1-6H3/t14-,15-,16-,17+/m1/s1. The van der Waals surface area contributed by atoms with Crippen LogP contribution in [0.3, 0.4) is 0 Å². The molecule has 0 amide bonds. The number of aliphatic hydroxyl groups is 1. The first-order chi connectivity index (χ1) is 12.5. The van der Waals surface area contributed by atoms with Gasteiger partial charge in [0, 0.05) is 12.8 Å². The van der Waals surface area contributed by atoms with Crippen molar-refractivity contribution in [1.82, 2.24) is 0 Å². The molecule has 0 aromatic carbocycles. The van der Waals surface area contributed by atoms with Gasteiger partial charge in [-0.3, -0.25) is 0 Å². The summed E-state index contributed by atoms with van der Waals surface area (Å²) in [5.74, 6) is -1.21. The second-order valence-corrected chi connectivity index (χ2v) is 14.3. The van der Waals surface area contributed by atoms with Crippen LogP contribution in [-0.2, 0) is 23.4 Å². The number of esters is 1. The summed E-state index contributed by atoms with van der Waals surface area (Å²) in [6, 6.07) is 0. The van der Waals surface area contributed by atoms with Crippen LogP contribution in [0.2, 0.25) is 18.1 Å². The predicted molar refractivity (Wildman–Crippen MR) is 104 cm³/mol. The van der Waals surface area contributed by atoms with Crippen molar-refractivity contribution in [2.24, 2.45) is 0 Å². The highest BCUT2D eigenvalue weighted by Gasteiger charge is 2.57. The fourth-order valence-corrected chi connectivity index (χ4v) is 5.19. The van der Waals surface area contributed by atoms with E-state index in [1.54, 1.807) is 6.08 Å². The molecular formula is C20H34O6Si. The number of carbonyl (C=O) groups is 1. The highest BCUT2D eigenvalue weighted by molar-refractivity contribution is 6.74. The number of hydrogen-bond acceptors (Lipinski definition) is 6. The van der Waals surface area contributed by atoms with E-state index in [0.717, 1.165) is 25.7 Å². The molecule has 1 aliphatic heterocycles. The van der Waals surface area contributed by atoms with Crippen molar-refractivity contribution in [1.29, 1.82) is 0 Å². The van der Waals surface area contributed by atoms with Crippen molar-refractivity contribution in [3.63, 3.8) is 0 Å². The van der Waals surface area contributed by atoms with Gasteiger partial charge in [0.1, 0.15) is 18.3 Å². The molecule has 7 heteroatoms. The minimum absolute atomic E-state index is 0.0137. The van der Waals surface area contributed by atoms with E-state index in [-0.39, 0.29) is 10.6 Å². The normalized spacial score (nSPS) is 33.5. The minimum atomic E-state index is -2.12. The number of aliphatic hydroxyl groups excluding tert-OH is 1. The molecule has 1 saturated heterocycles. The van der Waals surface area contributed by atoms with Gasteiger partial charge in [-0.25, -0.2) is 4.79 Å². The molecule has 1 N–H and O–H groups in total. The number of fused-ring (bicyclic) bond motifs is 1. The molecule has 1 saturated carbocycles. The van der Waals surface area contributed by atoms with Gasteiger partial charge in [-0.2, -0.15) is 0 Å². The number of hydrogen-bond donors (Lipinski definition) is 1. The zero-order valence-electron chi connectivity index (χ0n) is 17.4. The molecule has 1 heterocycles. The summed E-state index contributed by atoms with van der Waals surface area (Å²) in [5, 5.41) is 10.8. The zero-order chi connectivity index (χ0) is 20.0. The van der Waals surface area contributed by atoms with E-state index >= 15 is 0 Å². The number of ether oxygens (including phenoxy) is 3. The summed E-state index contributed by atoms with van der Waals surface area (Å²) in [6.07, 6.45) is 4.04. The molecule has 3 aliphatic rings. The summed E-state index contributed by atoms with van der Waals surface area (Å²) in [5.41, 5.74) is 0.207. The summed E-state index contributed by atoms with van der Waals surface area (Å²) in [6.45, 7) is 10.9. The van der Waals surface area contributed by atoms with Gasteiger partial charge in [0.05, 0.1) is 18.8 Å². The second-order valence-electron chi connectivity index (χ2n) is 9.54. The van der Waals surface area contributed by atoms with Gasteiger partial charge >= 0.3 is 5.97 Å². The second kappa shape index (κ2) is 7.26. The first-order valence-electron chi connectivity index (χ1n) is 10.0. The van der Waals surface area contributed by atoms with E-state index in [0.29, 0.717) is 0 Å². The fourth-order valence-electron chi connectivity index (χ4n) is 3.95. The molecule has 0 radical (unpaired) electrons. The average Bonchev–Trinajstić information content (AvgIpc) is 2.95. The van der Waals surface area contributed by atoms with Gasteiger partial charge < -0.3 is 23.7 Å². The monoisotopic (exact) mass is 398 g/mol. The Bertz CT molecular complexity index is 602. The smallest absolute Gasteiger partial charge is 0.336 e. The van der Waals surface area contributed by atoms with Gasteiger partial charge in [0.15, 0.2) is 14.1 Å². The Kier molecular flexibility index (Phi) is 5.64. The van der Waals surface area contributed by atoms with E-state index < -0.39 is 44.5 Å². The van der Waals surface area contributed by atoms with Crippen molar-refractivity contribution in [2.75, 3.05) is 7.11 Å². The summed E-state index contributed by atoms with van der Waals surface area (Å²) >= 11 is 0. The average molecular weight is 399 g/mol. The Hall–Kier alpha value is -0.733. The van der Waals surface area contributed by atoms with E-state index in [1.807, 2.05) is 0 Å². The lowest BCUT2D eigenvalue weighted by Gasteiger charge is -2.42. The molecule has 0 bridgehead atoms. The highest BCUT2D eigenvalue weighted by Crippen LogP contribution is 2.47.